The molecule has 0 heterocycles. The SMILES string of the molecule is CC(C)CCCCCCCN(CCCN)CCCCCCCC(C)C. The lowest BCUT2D eigenvalue weighted by molar-refractivity contribution is 0.258. The van der Waals surface area contributed by atoms with Gasteiger partial charge in [-0.15, -0.1) is 0 Å². The lowest BCUT2D eigenvalue weighted by atomic mass is 10.0. The predicted molar refractivity (Wildman–Crippen MR) is 115 cm³/mol. The highest BCUT2D eigenvalue weighted by atomic mass is 15.1. The van der Waals surface area contributed by atoms with Crippen molar-refractivity contribution in [2.24, 2.45) is 17.6 Å². The fourth-order valence-corrected chi connectivity index (χ4v) is 3.49. The lowest BCUT2D eigenvalue weighted by Crippen LogP contribution is -2.28. The van der Waals surface area contributed by atoms with Crippen LogP contribution in [-0.2, 0) is 0 Å². The molecule has 152 valence electrons. The molecule has 0 aliphatic heterocycles. The first kappa shape index (κ1) is 24.9. The second-order valence-electron chi connectivity index (χ2n) is 8.88. The Morgan fingerprint density at radius 3 is 1.28 bits per heavy atom. The molecular weight excluding hydrogens is 304 g/mol. The number of hydrogen-bond acceptors (Lipinski definition) is 2. The van der Waals surface area contributed by atoms with E-state index in [0.29, 0.717) is 0 Å². The maximum absolute atomic E-state index is 5.72. The standard InChI is InChI=1S/C23H50N2/c1-22(2)16-11-7-5-9-13-19-25(21-15-18-24)20-14-10-6-8-12-17-23(3)4/h22-23H,5-21,24H2,1-4H3. The van der Waals surface area contributed by atoms with Crippen molar-refractivity contribution in [3.63, 3.8) is 0 Å². The molecule has 0 saturated carbocycles. The zero-order valence-corrected chi connectivity index (χ0v) is 18.2. The Morgan fingerprint density at radius 1 is 0.520 bits per heavy atom. The molecule has 2 heteroatoms. The molecule has 0 aliphatic rings. The molecule has 2 nitrogen and oxygen atoms in total. The molecule has 0 saturated heterocycles. The van der Waals surface area contributed by atoms with Gasteiger partial charge in [0.2, 0.25) is 0 Å². The van der Waals surface area contributed by atoms with Crippen LogP contribution in [-0.4, -0.2) is 31.1 Å². The van der Waals surface area contributed by atoms with Crippen LogP contribution >= 0.6 is 0 Å². The topological polar surface area (TPSA) is 29.3 Å². The molecule has 0 bridgehead atoms. The van der Waals surface area contributed by atoms with Crippen molar-refractivity contribution < 1.29 is 0 Å². The Kier molecular flexibility index (Phi) is 18.6. The summed E-state index contributed by atoms with van der Waals surface area (Å²) in [7, 11) is 0. The van der Waals surface area contributed by atoms with Crippen LogP contribution in [0.3, 0.4) is 0 Å². The minimum atomic E-state index is 0.834. The number of hydrogen-bond donors (Lipinski definition) is 1. The van der Waals surface area contributed by atoms with Crippen molar-refractivity contribution in [2.45, 2.75) is 111 Å². The second-order valence-corrected chi connectivity index (χ2v) is 8.88. The summed E-state index contributed by atoms with van der Waals surface area (Å²) in [4.78, 5) is 2.68. The van der Waals surface area contributed by atoms with E-state index < -0.39 is 0 Å². The minimum Gasteiger partial charge on any atom is -0.330 e. The van der Waals surface area contributed by atoms with E-state index in [9.17, 15) is 0 Å². The molecule has 0 atom stereocenters. The minimum absolute atomic E-state index is 0.834. The van der Waals surface area contributed by atoms with Gasteiger partial charge in [0.15, 0.2) is 0 Å². The van der Waals surface area contributed by atoms with Crippen LogP contribution in [0.15, 0.2) is 0 Å². The van der Waals surface area contributed by atoms with E-state index in [1.54, 1.807) is 0 Å². The molecule has 0 unspecified atom stereocenters. The lowest BCUT2D eigenvalue weighted by Gasteiger charge is -2.22. The number of nitrogens with two attached hydrogens (primary N) is 1. The third-order valence-electron chi connectivity index (χ3n) is 5.19. The Labute approximate surface area is 160 Å². The van der Waals surface area contributed by atoms with Gasteiger partial charge in [-0.3, -0.25) is 0 Å². The number of unbranched alkanes of at least 4 members (excludes halogenated alkanes) is 8. The molecule has 0 rings (SSSR count). The molecule has 0 fully saturated rings. The molecule has 0 aliphatic carbocycles. The van der Waals surface area contributed by atoms with Gasteiger partial charge in [0.05, 0.1) is 0 Å². The van der Waals surface area contributed by atoms with E-state index in [4.69, 9.17) is 5.73 Å². The Bertz CT molecular complexity index is 228. The second kappa shape index (κ2) is 18.7. The van der Waals surface area contributed by atoms with Crippen LogP contribution in [0, 0.1) is 11.8 Å². The average molecular weight is 355 g/mol. The molecule has 0 aromatic heterocycles. The summed E-state index contributed by atoms with van der Waals surface area (Å²) >= 11 is 0. The Morgan fingerprint density at radius 2 is 0.880 bits per heavy atom. The smallest absolute Gasteiger partial charge is 0.000672 e. The van der Waals surface area contributed by atoms with E-state index in [1.807, 2.05) is 0 Å². The van der Waals surface area contributed by atoms with Crippen molar-refractivity contribution in [3.05, 3.63) is 0 Å². The van der Waals surface area contributed by atoms with Crippen molar-refractivity contribution in [3.8, 4) is 0 Å². The first-order chi connectivity index (χ1) is 12.1. The summed E-state index contributed by atoms with van der Waals surface area (Å²) in [5.41, 5.74) is 5.72. The van der Waals surface area contributed by atoms with Gasteiger partial charge in [-0.05, 0) is 57.3 Å². The third kappa shape index (κ3) is 20.1. The number of nitrogens with zero attached hydrogens (tertiary/aromatic N) is 1. The largest absolute Gasteiger partial charge is 0.330 e. The number of rotatable bonds is 19. The van der Waals surface area contributed by atoms with E-state index >= 15 is 0 Å². The summed E-state index contributed by atoms with van der Waals surface area (Å²) < 4.78 is 0. The molecule has 0 aromatic rings. The first-order valence-electron chi connectivity index (χ1n) is 11.5. The fourth-order valence-electron chi connectivity index (χ4n) is 3.49. The van der Waals surface area contributed by atoms with Crippen LogP contribution < -0.4 is 5.73 Å². The van der Waals surface area contributed by atoms with E-state index in [2.05, 4.69) is 32.6 Å². The molecule has 2 N–H and O–H groups in total. The molecule has 0 amide bonds. The highest BCUT2D eigenvalue weighted by molar-refractivity contribution is 4.60. The van der Waals surface area contributed by atoms with Crippen LogP contribution in [0.1, 0.15) is 111 Å². The van der Waals surface area contributed by atoms with Gasteiger partial charge >= 0.3 is 0 Å². The van der Waals surface area contributed by atoms with Gasteiger partial charge < -0.3 is 10.6 Å². The third-order valence-corrected chi connectivity index (χ3v) is 5.19. The van der Waals surface area contributed by atoms with E-state index in [0.717, 1.165) is 24.8 Å². The molecule has 25 heavy (non-hydrogen) atoms. The van der Waals surface area contributed by atoms with Gasteiger partial charge in [-0.25, -0.2) is 0 Å². The van der Waals surface area contributed by atoms with Crippen molar-refractivity contribution in [1.82, 2.24) is 4.90 Å². The van der Waals surface area contributed by atoms with Crippen LogP contribution in [0.2, 0.25) is 0 Å². The molecule has 0 aromatic carbocycles. The Hall–Kier alpha value is -0.0800. The van der Waals surface area contributed by atoms with Crippen LogP contribution in [0.5, 0.6) is 0 Å². The first-order valence-corrected chi connectivity index (χ1v) is 11.5. The van der Waals surface area contributed by atoms with Gasteiger partial charge in [-0.1, -0.05) is 91.9 Å². The van der Waals surface area contributed by atoms with Crippen molar-refractivity contribution >= 4 is 0 Å². The van der Waals surface area contributed by atoms with Gasteiger partial charge in [-0.2, -0.15) is 0 Å². The van der Waals surface area contributed by atoms with Crippen molar-refractivity contribution in [2.75, 3.05) is 26.2 Å². The van der Waals surface area contributed by atoms with Crippen LogP contribution in [0.4, 0.5) is 0 Å². The molecule has 0 spiro atoms. The summed E-state index contributed by atoms with van der Waals surface area (Å²) in [5, 5.41) is 0. The predicted octanol–water partition coefficient (Wildman–Crippen LogP) is 6.63. The van der Waals surface area contributed by atoms with E-state index in [1.165, 1.54) is 96.7 Å². The van der Waals surface area contributed by atoms with Gasteiger partial charge in [0, 0.05) is 0 Å². The maximum atomic E-state index is 5.72. The molecular formula is C23H50N2. The Balaban J connectivity index is 3.61. The zero-order chi connectivity index (χ0) is 18.8. The average Bonchev–Trinajstić information content (AvgIpc) is 2.56. The highest BCUT2D eigenvalue weighted by Crippen LogP contribution is 2.13. The van der Waals surface area contributed by atoms with Gasteiger partial charge in [0.25, 0.3) is 0 Å². The zero-order valence-electron chi connectivity index (χ0n) is 18.2. The van der Waals surface area contributed by atoms with Crippen molar-refractivity contribution in [1.29, 1.82) is 0 Å². The highest BCUT2D eigenvalue weighted by Gasteiger charge is 2.04. The molecule has 0 radical (unpaired) electrons. The van der Waals surface area contributed by atoms with E-state index in [-0.39, 0.29) is 0 Å². The summed E-state index contributed by atoms with van der Waals surface area (Å²) in [6, 6.07) is 0. The van der Waals surface area contributed by atoms with Crippen LogP contribution in [0.25, 0.3) is 0 Å². The normalized spacial score (nSPS) is 12.0. The monoisotopic (exact) mass is 354 g/mol. The maximum Gasteiger partial charge on any atom is -0.000672 e. The van der Waals surface area contributed by atoms with Gasteiger partial charge in [0.1, 0.15) is 0 Å². The summed E-state index contributed by atoms with van der Waals surface area (Å²) in [6.45, 7) is 14.0. The quantitative estimate of drug-likeness (QED) is 0.264. The fraction of sp³-hybridized carbons (Fsp3) is 1.00. The summed E-state index contributed by atoms with van der Waals surface area (Å²) in [5.74, 6) is 1.74. The summed E-state index contributed by atoms with van der Waals surface area (Å²) in [6.07, 6.45) is 18.1.